The fraction of sp³-hybridized carbons (Fsp3) is 0.0556. The Morgan fingerprint density at radius 2 is 1.76 bits per heavy atom. The fourth-order valence-corrected chi connectivity index (χ4v) is 2.81. The third-order valence-corrected chi connectivity index (χ3v) is 3.93. The van der Waals surface area contributed by atoms with Crippen molar-refractivity contribution in [1.29, 1.82) is 0 Å². The lowest BCUT2D eigenvalue weighted by Gasteiger charge is -2.00. The van der Waals surface area contributed by atoms with Gasteiger partial charge in [-0.05, 0) is 6.07 Å². The molecule has 0 radical (unpaired) electrons. The minimum Gasteiger partial charge on any atom is -0.493 e. The first-order valence-electron chi connectivity index (χ1n) is 7.62. The first-order valence-corrected chi connectivity index (χ1v) is 7.62. The molecule has 2 aromatic heterocycles. The summed E-state index contributed by atoms with van der Waals surface area (Å²) in [7, 11) is 0. The van der Waals surface area contributed by atoms with Gasteiger partial charge in [0, 0.05) is 23.1 Å². The van der Waals surface area contributed by atoms with Gasteiger partial charge in [0.05, 0.1) is 11.7 Å². The van der Waals surface area contributed by atoms with Crippen LogP contribution in [0.3, 0.4) is 0 Å². The molecule has 0 aliphatic rings. The van der Waals surface area contributed by atoms with Gasteiger partial charge in [0.15, 0.2) is 5.69 Å². The lowest BCUT2D eigenvalue weighted by molar-refractivity contribution is 0.0933. The number of azo groups is 1. The highest BCUT2D eigenvalue weighted by atomic mass is 16.3. The van der Waals surface area contributed by atoms with Crippen LogP contribution < -0.4 is 0 Å². The van der Waals surface area contributed by atoms with Crippen molar-refractivity contribution in [2.75, 3.05) is 0 Å². The summed E-state index contributed by atoms with van der Waals surface area (Å²) < 4.78 is 1.21. The van der Waals surface area contributed by atoms with Crippen LogP contribution in [0, 0.1) is 0 Å². The molecule has 4 aromatic rings. The molecule has 0 spiro atoms. The topological polar surface area (TPSA) is 92.7 Å². The molecule has 0 amide bonds. The Labute approximate surface area is 142 Å². The fourth-order valence-electron chi connectivity index (χ4n) is 2.81. The second-order valence-electron chi connectivity index (χ2n) is 5.50. The van der Waals surface area contributed by atoms with Crippen molar-refractivity contribution in [3.63, 3.8) is 0 Å². The molecule has 2 heterocycles. The van der Waals surface area contributed by atoms with E-state index in [0.29, 0.717) is 16.7 Å². The molecule has 0 unspecified atom stereocenters. The number of rotatable bonds is 2. The van der Waals surface area contributed by atoms with Crippen molar-refractivity contribution in [3.8, 4) is 5.88 Å². The van der Waals surface area contributed by atoms with Crippen molar-refractivity contribution >= 4 is 39.1 Å². The van der Waals surface area contributed by atoms with E-state index in [4.69, 9.17) is 0 Å². The van der Waals surface area contributed by atoms with Crippen molar-refractivity contribution in [1.82, 2.24) is 14.8 Å². The number of fused-ring (bicyclic) bond motifs is 2. The Balaban J connectivity index is 1.90. The molecule has 0 aliphatic heterocycles. The van der Waals surface area contributed by atoms with E-state index < -0.39 is 0 Å². The Morgan fingerprint density at radius 3 is 2.56 bits per heavy atom. The molecular formula is C18H13N5O2. The molecule has 0 saturated heterocycles. The van der Waals surface area contributed by atoms with Gasteiger partial charge in [-0.2, -0.15) is 5.10 Å². The summed E-state index contributed by atoms with van der Waals surface area (Å²) in [4.78, 5) is 11.9. The van der Waals surface area contributed by atoms with Gasteiger partial charge in [-0.1, -0.05) is 42.5 Å². The molecule has 0 atom stereocenters. The standard InChI is InChI=1S/C18H13N5O2/c1-11(24)23-15-9-5-4-8-14(15)16(18(23)25)20-22-17-13-7-3-2-6-12(13)10-19-21-17/h2-10,25H,1H3. The zero-order valence-corrected chi connectivity index (χ0v) is 13.3. The van der Waals surface area contributed by atoms with Gasteiger partial charge in [0.2, 0.25) is 17.6 Å². The molecule has 0 bridgehead atoms. The second kappa shape index (κ2) is 5.79. The molecule has 0 saturated carbocycles. The van der Waals surface area contributed by atoms with Gasteiger partial charge < -0.3 is 5.11 Å². The van der Waals surface area contributed by atoms with E-state index in [9.17, 15) is 9.90 Å². The van der Waals surface area contributed by atoms with Crippen LogP contribution in [0.2, 0.25) is 0 Å². The minimum absolute atomic E-state index is 0.223. The SMILES string of the molecule is CC(=O)n1c(O)c(N=Nc2nncc3ccccc23)c2ccccc21. The lowest BCUT2D eigenvalue weighted by Crippen LogP contribution is -2.03. The number of aromatic hydroxyl groups is 1. The molecule has 25 heavy (non-hydrogen) atoms. The van der Waals surface area contributed by atoms with Crippen LogP contribution >= 0.6 is 0 Å². The Morgan fingerprint density at radius 1 is 1.04 bits per heavy atom. The van der Waals surface area contributed by atoms with Gasteiger partial charge in [0.25, 0.3) is 0 Å². The number of para-hydroxylation sites is 1. The normalized spacial score (nSPS) is 11.6. The number of carbonyl (C=O) groups is 1. The monoisotopic (exact) mass is 331 g/mol. The predicted molar refractivity (Wildman–Crippen MR) is 93.6 cm³/mol. The van der Waals surface area contributed by atoms with Gasteiger partial charge >= 0.3 is 0 Å². The van der Waals surface area contributed by atoms with Gasteiger partial charge in [-0.3, -0.25) is 4.79 Å². The smallest absolute Gasteiger partial charge is 0.230 e. The van der Waals surface area contributed by atoms with Crippen molar-refractivity contribution in [2.24, 2.45) is 10.2 Å². The van der Waals surface area contributed by atoms with Crippen molar-refractivity contribution in [3.05, 3.63) is 54.7 Å². The first-order chi connectivity index (χ1) is 12.2. The van der Waals surface area contributed by atoms with Gasteiger partial charge in [-0.25, -0.2) is 4.57 Å². The first kappa shape index (κ1) is 14.9. The Hall–Kier alpha value is -3.61. The number of hydrogen-bond donors (Lipinski definition) is 1. The Kier molecular flexibility index (Phi) is 3.46. The summed E-state index contributed by atoms with van der Waals surface area (Å²) in [5, 5.41) is 29.0. The summed E-state index contributed by atoms with van der Waals surface area (Å²) in [6, 6.07) is 14.7. The highest BCUT2D eigenvalue weighted by molar-refractivity contribution is 6.02. The number of aromatic nitrogens is 3. The van der Waals surface area contributed by atoms with E-state index >= 15 is 0 Å². The van der Waals surface area contributed by atoms with Crippen LogP contribution in [0.1, 0.15) is 11.7 Å². The van der Waals surface area contributed by atoms with Crippen LogP contribution in [0.4, 0.5) is 11.5 Å². The largest absolute Gasteiger partial charge is 0.493 e. The predicted octanol–water partition coefficient (Wildman–Crippen LogP) is 4.37. The average Bonchev–Trinajstić information content (AvgIpc) is 2.91. The molecule has 4 rings (SSSR count). The summed E-state index contributed by atoms with van der Waals surface area (Å²) in [6.07, 6.45) is 1.65. The zero-order chi connectivity index (χ0) is 17.4. The summed E-state index contributed by atoms with van der Waals surface area (Å²) in [5.74, 6) is -0.206. The molecule has 1 N–H and O–H groups in total. The molecule has 0 aliphatic carbocycles. The van der Waals surface area contributed by atoms with Crippen molar-refractivity contribution < 1.29 is 9.90 Å². The summed E-state index contributed by atoms with van der Waals surface area (Å²) in [6.45, 7) is 1.38. The summed E-state index contributed by atoms with van der Waals surface area (Å²) in [5.41, 5.74) is 0.797. The highest BCUT2D eigenvalue weighted by Crippen LogP contribution is 2.39. The minimum atomic E-state index is -0.305. The third-order valence-electron chi connectivity index (χ3n) is 3.93. The molecule has 7 nitrogen and oxygen atoms in total. The Bertz CT molecular complexity index is 1140. The van der Waals surface area contributed by atoms with E-state index in [0.717, 1.165) is 10.8 Å². The molecule has 7 heteroatoms. The maximum absolute atomic E-state index is 11.9. The summed E-state index contributed by atoms with van der Waals surface area (Å²) >= 11 is 0. The van der Waals surface area contributed by atoms with Gasteiger partial charge in [0.1, 0.15) is 0 Å². The molecule has 122 valence electrons. The number of hydrogen-bond acceptors (Lipinski definition) is 6. The molecule has 0 fully saturated rings. The maximum atomic E-state index is 11.9. The van der Waals surface area contributed by atoms with Crippen LogP contribution in [-0.2, 0) is 0 Å². The highest BCUT2D eigenvalue weighted by Gasteiger charge is 2.18. The number of carbonyl (C=O) groups excluding carboxylic acids is 1. The van der Waals surface area contributed by atoms with Gasteiger partial charge in [-0.15, -0.1) is 15.3 Å². The second-order valence-corrected chi connectivity index (χ2v) is 5.50. The quantitative estimate of drug-likeness (QED) is 0.552. The van der Waals surface area contributed by atoms with Crippen LogP contribution in [-0.4, -0.2) is 25.8 Å². The van der Waals surface area contributed by atoms with Crippen LogP contribution in [0.25, 0.3) is 21.7 Å². The van der Waals surface area contributed by atoms with E-state index in [-0.39, 0.29) is 17.5 Å². The number of benzene rings is 2. The third kappa shape index (κ3) is 2.42. The lowest BCUT2D eigenvalue weighted by atomic mass is 10.2. The number of nitrogens with zero attached hydrogens (tertiary/aromatic N) is 5. The average molecular weight is 331 g/mol. The maximum Gasteiger partial charge on any atom is 0.230 e. The molecular weight excluding hydrogens is 318 g/mol. The van der Waals surface area contributed by atoms with Crippen LogP contribution in [0.15, 0.2) is 65.0 Å². The van der Waals surface area contributed by atoms with Crippen LogP contribution in [0.5, 0.6) is 5.88 Å². The van der Waals surface area contributed by atoms with E-state index in [2.05, 4.69) is 20.4 Å². The molecule has 2 aromatic carbocycles. The van der Waals surface area contributed by atoms with E-state index in [1.807, 2.05) is 30.3 Å². The van der Waals surface area contributed by atoms with E-state index in [1.54, 1.807) is 24.4 Å². The van der Waals surface area contributed by atoms with Crippen molar-refractivity contribution in [2.45, 2.75) is 6.92 Å². The zero-order valence-electron chi connectivity index (χ0n) is 13.3. The van der Waals surface area contributed by atoms with E-state index in [1.165, 1.54) is 11.5 Å².